The van der Waals surface area contributed by atoms with Crippen molar-refractivity contribution >= 4 is 17.1 Å². The fraction of sp³-hybridized carbons (Fsp3) is 0.643. The summed E-state index contributed by atoms with van der Waals surface area (Å²) < 4.78 is 6.89. The maximum atomic E-state index is 12.2. The fourth-order valence-electron chi connectivity index (χ4n) is 2.88. The summed E-state index contributed by atoms with van der Waals surface area (Å²) in [6.07, 6.45) is -3.06. The number of hydrogen-bond donors (Lipinski definition) is 4. The summed E-state index contributed by atoms with van der Waals surface area (Å²) in [5, 5.41) is 29.3. The highest BCUT2D eigenvalue weighted by atomic mass is 16.6. The Labute approximate surface area is 137 Å². The van der Waals surface area contributed by atoms with E-state index in [1.165, 1.54) is 10.9 Å². The molecular weight excluding hydrogens is 318 g/mol. The summed E-state index contributed by atoms with van der Waals surface area (Å²) >= 11 is 0. The number of aromatic nitrogens is 4. The van der Waals surface area contributed by atoms with Crippen LogP contribution in [-0.4, -0.2) is 72.8 Å². The van der Waals surface area contributed by atoms with Crippen LogP contribution >= 0.6 is 0 Å². The lowest BCUT2D eigenvalue weighted by Gasteiger charge is -2.20. The molecule has 0 aromatic carbocycles. The SMILES string of the molecule is CCN(CC)c1nc2c(ncn2[C@@H]2O[C@H](CO)[C@@H](O)[C@H]2O)c(=O)[nH]1. The van der Waals surface area contributed by atoms with Gasteiger partial charge in [-0.2, -0.15) is 4.98 Å². The molecule has 24 heavy (non-hydrogen) atoms. The Morgan fingerprint density at radius 3 is 2.62 bits per heavy atom. The topological polar surface area (TPSA) is 137 Å². The van der Waals surface area contributed by atoms with Gasteiger partial charge in [0.15, 0.2) is 17.4 Å². The van der Waals surface area contributed by atoms with E-state index in [1.807, 2.05) is 18.7 Å². The molecule has 4 N–H and O–H groups in total. The van der Waals surface area contributed by atoms with Crippen molar-refractivity contribution in [2.45, 2.75) is 38.4 Å². The van der Waals surface area contributed by atoms with Gasteiger partial charge < -0.3 is 25.0 Å². The van der Waals surface area contributed by atoms with E-state index < -0.39 is 36.7 Å². The molecule has 10 heteroatoms. The molecule has 2 aromatic rings. The summed E-state index contributed by atoms with van der Waals surface area (Å²) in [7, 11) is 0. The van der Waals surface area contributed by atoms with E-state index in [9.17, 15) is 20.1 Å². The van der Waals surface area contributed by atoms with Gasteiger partial charge >= 0.3 is 0 Å². The van der Waals surface area contributed by atoms with Crippen molar-refractivity contribution in [1.82, 2.24) is 19.5 Å². The highest BCUT2D eigenvalue weighted by molar-refractivity contribution is 5.71. The Balaban J connectivity index is 2.08. The third kappa shape index (κ3) is 2.57. The minimum Gasteiger partial charge on any atom is -0.394 e. The van der Waals surface area contributed by atoms with E-state index in [0.717, 1.165) is 0 Å². The Hall–Kier alpha value is -2.01. The van der Waals surface area contributed by atoms with Crippen LogP contribution in [0.25, 0.3) is 11.2 Å². The number of rotatable bonds is 5. The summed E-state index contributed by atoms with van der Waals surface area (Å²) in [6.45, 7) is 4.77. The summed E-state index contributed by atoms with van der Waals surface area (Å²) in [4.78, 5) is 25.3. The molecule has 0 unspecified atom stereocenters. The van der Waals surface area contributed by atoms with E-state index in [1.54, 1.807) is 0 Å². The van der Waals surface area contributed by atoms with Crippen molar-refractivity contribution in [2.24, 2.45) is 0 Å². The number of nitrogens with one attached hydrogen (secondary N) is 1. The zero-order chi connectivity index (χ0) is 17.4. The van der Waals surface area contributed by atoms with Gasteiger partial charge in [-0.1, -0.05) is 0 Å². The van der Waals surface area contributed by atoms with Crippen molar-refractivity contribution in [3.63, 3.8) is 0 Å². The number of imidazole rings is 1. The summed E-state index contributed by atoms with van der Waals surface area (Å²) in [5.74, 6) is 0.394. The average Bonchev–Trinajstić information content (AvgIpc) is 3.11. The smallest absolute Gasteiger partial charge is 0.280 e. The van der Waals surface area contributed by atoms with Crippen molar-refractivity contribution in [3.05, 3.63) is 16.7 Å². The zero-order valence-electron chi connectivity index (χ0n) is 13.5. The van der Waals surface area contributed by atoms with Gasteiger partial charge in [0.2, 0.25) is 5.95 Å². The number of aliphatic hydroxyl groups is 3. The molecule has 10 nitrogen and oxygen atoms in total. The molecule has 0 amide bonds. The molecule has 2 aromatic heterocycles. The van der Waals surface area contributed by atoms with Crippen LogP contribution in [0.15, 0.2) is 11.1 Å². The maximum absolute atomic E-state index is 12.2. The van der Waals surface area contributed by atoms with Crippen LogP contribution in [0.4, 0.5) is 5.95 Å². The van der Waals surface area contributed by atoms with Crippen LogP contribution in [0.3, 0.4) is 0 Å². The molecule has 0 radical (unpaired) electrons. The predicted molar refractivity (Wildman–Crippen MR) is 84.7 cm³/mol. The van der Waals surface area contributed by atoms with Crippen molar-refractivity contribution in [1.29, 1.82) is 0 Å². The molecule has 0 bridgehead atoms. The highest BCUT2D eigenvalue weighted by Crippen LogP contribution is 2.30. The van der Waals surface area contributed by atoms with E-state index in [2.05, 4.69) is 15.0 Å². The summed E-state index contributed by atoms with van der Waals surface area (Å²) in [6, 6.07) is 0. The fourth-order valence-corrected chi connectivity index (χ4v) is 2.88. The molecular formula is C14H21N5O5. The van der Waals surface area contributed by atoms with Crippen LogP contribution in [0, 0.1) is 0 Å². The highest BCUT2D eigenvalue weighted by Gasteiger charge is 2.44. The third-order valence-electron chi connectivity index (χ3n) is 4.27. The van der Waals surface area contributed by atoms with Gasteiger partial charge in [0, 0.05) is 13.1 Å². The Morgan fingerprint density at radius 1 is 1.33 bits per heavy atom. The lowest BCUT2D eigenvalue weighted by molar-refractivity contribution is -0.0511. The van der Waals surface area contributed by atoms with Gasteiger partial charge in [0.05, 0.1) is 12.9 Å². The van der Waals surface area contributed by atoms with Gasteiger partial charge in [-0.15, -0.1) is 0 Å². The van der Waals surface area contributed by atoms with Crippen molar-refractivity contribution in [3.8, 4) is 0 Å². The van der Waals surface area contributed by atoms with Crippen LogP contribution in [-0.2, 0) is 4.74 Å². The minimum absolute atomic E-state index is 0.114. The second-order valence-electron chi connectivity index (χ2n) is 5.61. The lowest BCUT2D eigenvalue weighted by atomic mass is 10.1. The van der Waals surface area contributed by atoms with Gasteiger partial charge in [-0.05, 0) is 13.8 Å². The minimum atomic E-state index is -1.27. The average molecular weight is 339 g/mol. The second-order valence-corrected chi connectivity index (χ2v) is 5.61. The van der Waals surface area contributed by atoms with Gasteiger partial charge in [-0.25, -0.2) is 4.98 Å². The van der Waals surface area contributed by atoms with E-state index >= 15 is 0 Å². The maximum Gasteiger partial charge on any atom is 0.280 e. The second kappa shape index (κ2) is 6.48. The molecule has 132 valence electrons. The van der Waals surface area contributed by atoms with Crippen LogP contribution in [0.5, 0.6) is 0 Å². The molecule has 0 saturated carbocycles. The van der Waals surface area contributed by atoms with Crippen molar-refractivity contribution in [2.75, 3.05) is 24.6 Å². The van der Waals surface area contributed by atoms with Crippen LogP contribution in [0.1, 0.15) is 20.1 Å². The molecule has 1 aliphatic rings. The number of ether oxygens (including phenoxy) is 1. The molecule has 1 saturated heterocycles. The van der Waals surface area contributed by atoms with Gasteiger partial charge in [0.1, 0.15) is 18.3 Å². The molecule has 0 aliphatic carbocycles. The molecule has 4 atom stereocenters. The van der Waals surface area contributed by atoms with Crippen molar-refractivity contribution < 1.29 is 20.1 Å². The Kier molecular flexibility index (Phi) is 4.54. The first-order chi connectivity index (χ1) is 11.5. The monoisotopic (exact) mass is 339 g/mol. The van der Waals surface area contributed by atoms with Crippen LogP contribution in [0.2, 0.25) is 0 Å². The molecule has 3 rings (SSSR count). The summed E-state index contributed by atoms with van der Waals surface area (Å²) in [5.41, 5.74) is -0.0356. The number of fused-ring (bicyclic) bond motifs is 1. The number of hydrogen-bond acceptors (Lipinski definition) is 8. The Bertz CT molecular complexity index is 770. The first-order valence-electron chi connectivity index (χ1n) is 7.86. The molecule has 0 spiro atoms. The van der Waals surface area contributed by atoms with E-state index in [0.29, 0.717) is 19.0 Å². The number of anilines is 1. The largest absolute Gasteiger partial charge is 0.394 e. The van der Waals surface area contributed by atoms with E-state index in [-0.39, 0.29) is 11.2 Å². The lowest BCUT2D eigenvalue weighted by Crippen LogP contribution is -2.33. The first-order valence-corrected chi connectivity index (χ1v) is 7.86. The van der Waals surface area contributed by atoms with Gasteiger partial charge in [0.25, 0.3) is 5.56 Å². The number of nitrogens with zero attached hydrogens (tertiary/aromatic N) is 4. The normalized spacial score (nSPS) is 27.0. The Morgan fingerprint density at radius 2 is 2.04 bits per heavy atom. The molecule has 3 heterocycles. The third-order valence-corrected chi connectivity index (χ3v) is 4.27. The number of aromatic amines is 1. The van der Waals surface area contributed by atoms with Crippen LogP contribution < -0.4 is 10.5 Å². The zero-order valence-corrected chi connectivity index (χ0v) is 13.5. The first kappa shape index (κ1) is 16.8. The number of aliphatic hydroxyl groups excluding tert-OH is 3. The molecule has 1 fully saturated rings. The standard InChI is InChI=1S/C14H21N5O5/c1-3-18(4-2)14-16-11-8(12(23)17-14)15-6-19(11)13-10(22)9(21)7(5-20)24-13/h6-7,9-10,13,20-22H,3-5H2,1-2H3,(H,16,17,23)/t7-,9-,10-,13-/m1/s1. The molecule has 1 aliphatic heterocycles. The quantitative estimate of drug-likeness (QED) is 0.521. The predicted octanol–water partition coefficient (Wildman–Crippen LogP) is -1.42. The number of H-pyrrole nitrogens is 1. The van der Waals surface area contributed by atoms with E-state index in [4.69, 9.17) is 4.74 Å². The van der Waals surface area contributed by atoms with Gasteiger partial charge in [-0.3, -0.25) is 14.3 Å².